The van der Waals surface area contributed by atoms with Gasteiger partial charge in [0.05, 0.1) is 11.3 Å². The molecule has 2 aromatic carbocycles. The molecule has 2 aliphatic heterocycles. The second kappa shape index (κ2) is 8.38. The van der Waals surface area contributed by atoms with Crippen LogP contribution in [0.25, 0.3) is 5.76 Å². The molecule has 0 bridgehead atoms. The molecule has 6 heteroatoms. The molecule has 3 aromatic rings. The van der Waals surface area contributed by atoms with Crippen molar-refractivity contribution in [3.63, 3.8) is 0 Å². The molecular formula is C29H28N2O4. The predicted octanol–water partition coefficient (Wildman–Crippen LogP) is 5.33. The summed E-state index contributed by atoms with van der Waals surface area (Å²) in [5.41, 5.74) is 3.60. The van der Waals surface area contributed by atoms with Gasteiger partial charge in [-0.2, -0.15) is 0 Å². The van der Waals surface area contributed by atoms with Crippen molar-refractivity contribution in [1.29, 1.82) is 0 Å². The van der Waals surface area contributed by atoms with Crippen molar-refractivity contribution in [2.24, 2.45) is 0 Å². The van der Waals surface area contributed by atoms with Gasteiger partial charge >= 0.3 is 0 Å². The smallest absolute Gasteiger partial charge is 0.300 e. The Bertz CT molecular complexity index is 1340. The topological polar surface area (TPSA) is 79.7 Å². The minimum atomic E-state index is -0.847. The van der Waals surface area contributed by atoms with E-state index < -0.39 is 17.7 Å². The first-order valence-corrected chi connectivity index (χ1v) is 11.8. The Hall–Kier alpha value is -3.93. The van der Waals surface area contributed by atoms with Gasteiger partial charge < -0.3 is 9.84 Å². The van der Waals surface area contributed by atoms with E-state index in [0.29, 0.717) is 23.4 Å². The van der Waals surface area contributed by atoms with Crippen molar-refractivity contribution in [3.05, 3.63) is 94.8 Å². The molecule has 1 amide bonds. The number of benzene rings is 2. The number of nitrogens with zero attached hydrogens (tertiary/aromatic N) is 2. The lowest BCUT2D eigenvalue weighted by Crippen LogP contribution is -2.30. The number of hydrogen-bond donors (Lipinski definition) is 1. The Kier molecular flexibility index (Phi) is 5.47. The molecule has 5 rings (SSSR count). The maximum Gasteiger partial charge on any atom is 0.300 e. The number of aliphatic hydroxyl groups is 1. The third-order valence-corrected chi connectivity index (χ3v) is 6.59. The van der Waals surface area contributed by atoms with E-state index in [4.69, 9.17) is 4.74 Å². The van der Waals surface area contributed by atoms with Crippen molar-refractivity contribution in [2.75, 3.05) is 4.90 Å². The number of Topliss-reactive ketones (excluding diaryl/α,β-unsaturated/α-hetero) is 1. The van der Waals surface area contributed by atoms with E-state index in [9.17, 15) is 14.7 Å². The van der Waals surface area contributed by atoms with Crippen LogP contribution in [0, 0.1) is 0 Å². The van der Waals surface area contributed by atoms with Crippen LogP contribution in [0.1, 0.15) is 56.1 Å². The van der Waals surface area contributed by atoms with Crippen LogP contribution in [0.15, 0.2) is 72.4 Å². The number of rotatable bonds is 3. The molecule has 0 radical (unpaired) electrons. The standard InChI is InChI=1S/C29H28N2O4/c1-17-15-19-16-18(8-13-23(19)35-17)26(32)24-25(22-7-5-6-14-30-22)31(28(34)27(24)33)21-11-9-20(10-12-21)29(2,3)4/h5-14,16-17,25,32H,15H2,1-4H3/b26-24-. The first-order chi connectivity index (χ1) is 16.6. The van der Waals surface area contributed by atoms with Crippen molar-refractivity contribution >= 4 is 23.1 Å². The summed E-state index contributed by atoms with van der Waals surface area (Å²) in [6.45, 7) is 8.33. The zero-order valence-electron chi connectivity index (χ0n) is 20.3. The monoisotopic (exact) mass is 468 g/mol. The number of carbonyl (C=O) groups is 2. The van der Waals surface area contributed by atoms with Crippen molar-refractivity contribution in [2.45, 2.75) is 51.7 Å². The number of aliphatic hydroxyl groups excluding tert-OH is 1. The molecule has 3 heterocycles. The van der Waals surface area contributed by atoms with Gasteiger partial charge in [-0.15, -0.1) is 0 Å². The third kappa shape index (κ3) is 3.99. The highest BCUT2D eigenvalue weighted by Crippen LogP contribution is 2.42. The first kappa shape index (κ1) is 22.8. The summed E-state index contributed by atoms with van der Waals surface area (Å²) >= 11 is 0. The molecule has 35 heavy (non-hydrogen) atoms. The Balaban J connectivity index is 1.64. The van der Waals surface area contributed by atoms with E-state index in [1.165, 1.54) is 4.90 Å². The fourth-order valence-corrected chi connectivity index (χ4v) is 4.76. The summed E-state index contributed by atoms with van der Waals surface area (Å²) < 4.78 is 5.77. The summed E-state index contributed by atoms with van der Waals surface area (Å²) in [5, 5.41) is 11.4. The normalized spacial score (nSPS) is 21.2. The maximum absolute atomic E-state index is 13.3. The lowest BCUT2D eigenvalue weighted by Gasteiger charge is -2.26. The quantitative estimate of drug-likeness (QED) is 0.319. The highest BCUT2D eigenvalue weighted by atomic mass is 16.5. The fraction of sp³-hybridized carbons (Fsp3) is 0.276. The van der Waals surface area contributed by atoms with Gasteiger partial charge in [-0.1, -0.05) is 39.0 Å². The molecule has 2 aliphatic rings. The highest BCUT2D eigenvalue weighted by Gasteiger charge is 2.47. The first-order valence-electron chi connectivity index (χ1n) is 11.8. The number of pyridine rings is 1. The summed E-state index contributed by atoms with van der Waals surface area (Å²) in [7, 11) is 0. The second-order valence-corrected chi connectivity index (χ2v) is 10.2. The summed E-state index contributed by atoms with van der Waals surface area (Å²) in [6, 6.07) is 17.4. The van der Waals surface area contributed by atoms with Crippen LogP contribution < -0.4 is 9.64 Å². The largest absolute Gasteiger partial charge is 0.507 e. The zero-order chi connectivity index (χ0) is 24.9. The van der Waals surface area contributed by atoms with Gasteiger partial charge in [0.1, 0.15) is 23.7 Å². The minimum Gasteiger partial charge on any atom is -0.507 e. The molecular weight excluding hydrogens is 440 g/mol. The summed E-state index contributed by atoms with van der Waals surface area (Å²) in [5.74, 6) is -0.864. The van der Waals surface area contributed by atoms with Crippen molar-refractivity contribution in [3.8, 4) is 5.75 Å². The van der Waals surface area contributed by atoms with E-state index >= 15 is 0 Å². The van der Waals surface area contributed by atoms with Crippen LogP contribution in [0.5, 0.6) is 5.75 Å². The van der Waals surface area contributed by atoms with Crippen LogP contribution >= 0.6 is 0 Å². The van der Waals surface area contributed by atoms with Crippen molar-refractivity contribution in [1.82, 2.24) is 4.98 Å². The molecule has 0 spiro atoms. The maximum atomic E-state index is 13.3. The Morgan fingerprint density at radius 3 is 2.46 bits per heavy atom. The number of ether oxygens (including phenoxy) is 1. The van der Waals surface area contributed by atoms with Crippen molar-refractivity contribution < 1.29 is 19.4 Å². The number of ketones is 1. The van der Waals surface area contributed by atoms with Gasteiger partial charge in [0.25, 0.3) is 11.7 Å². The number of amides is 1. The van der Waals surface area contributed by atoms with Gasteiger partial charge in [-0.3, -0.25) is 19.5 Å². The van der Waals surface area contributed by atoms with Gasteiger partial charge in [0.15, 0.2) is 0 Å². The molecule has 1 N–H and O–H groups in total. The average molecular weight is 469 g/mol. The Morgan fingerprint density at radius 1 is 1.06 bits per heavy atom. The molecule has 2 unspecified atom stereocenters. The molecule has 0 aliphatic carbocycles. The van der Waals surface area contributed by atoms with E-state index in [1.807, 2.05) is 37.3 Å². The van der Waals surface area contributed by atoms with Crippen LogP contribution in [0.3, 0.4) is 0 Å². The van der Waals surface area contributed by atoms with E-state index in [-0.39, 0.29) is 22.9 Å². The van der Waals surface area contributed by atoms with Gasteiger partial charge in [0, 0.05) is 23.9 Å². The number of fused-ring (bicyclic) bond motifs is 1. The lowest BCUT2D eigenvalue weighted by molar-refractivity contribution is -0.132. The van der Waals surface area contributed by atoms with Crippen LogP contribution in [-0.2, 0) is 21.4 Å². The van der Waals surface area contributed by atoms with Gasteiger partial charge in [0.2, 0.25) is 0 Å². The Morgan fingerprint density at radius 2 is 1.80 bits per heavy atom. The SMILES string of the molecule is CC1Cc2cc(/C(O)=C3/C(=O)C(=O)N(c4ccc(C(C)(C)C)cc4)C3c3ccccn3)ccc2O1. The fourth-order valence-electron chi connectivity index (χ4n) is 4.76. The number of carbonyl (C=O) groups excluding carboxylic acids is 2. The Labute approximate surface area is 204 Å². The highest BCUT2D eigenvalue weighted by molar-refractivity contribution is 6.51. The van der Waals surface area contributed by atoms with E-state index in [0.717, 1.165) is 16.9 Å². The van der Waals surface area contributed by atoms with E-state index in [1.54, 1.807) is 36.5 Å². The van der Waals surface area contributed by atoms with Gasteiger partial charge in [-0.05, 0) is 65.9 Å². The molecule has 178 valence electrons. The zero-order valence-corrected chi connectivity index (χ0v) is 20.3. The molecule has 0 saturated carbocycles. The number of hydrogen-bond acceptors (Lipinski definition) is 5. The molecule has 1 saturated heterocycles. The molecule has 2 atom stereocenters. The molecule has 1 aromatic heterocycles. The van der Waals surface area contributed by atoms with Gasteiger partial charge in [-0.25, -0.2) is 0 Å². The van der Waals surface area contributed by atoms with E-state index in [2.05, 4.69) is 25.8 Å². The lowest BCUT2D eigenvalue weighted by atomic mass is 9.87. The summed E-state index contributed by atoms with van der Waals surface area (Å²) in [4.78, 5) is 32.5. The number of anilines is 1. The molecule has 1 fully saturated rings. The molecule has 6 nitrogen and oxygen atoms in total. The van der Waals surface area contributed by atoms with Crippen LogP contribution in [0.2, 0.25) is 0 Å². The average Bonchev–Trinajstić information content (AvgIpc) is 3.34. The minimum absolute atomic E-state index is 0.0283. The van der Waals surface area contributed by atoms with Crippen LogP contribution in [-0.4, -0.2) is 27.9 Å². The summed E-state index contributed by atoms with van der Waals surface area (Å²) in [6.07, 6.45) is 2.39. The number of aromatic nitrogens is 1. The van der Waals surface area contributed by atoms with Crippen LogP contribution in [0.4, 0.5) is 5.69 Å². The third-order valence-electron chi connectivity index (χ3n) is 6.59. The second-order valence-electron chi connectivity index (χ2n) is 10.2. The predicted molar refractivity (Wildman–Crippen MR) is 134 cm³/mol.